The number of benzene rings is 2. The van der Waals surface area contributed by atoms with Crippen molar-refractivity contribution >= 4 is 39.3 Å². The van der Waals surface area contributed by atoms with E-state index in [-0.39, 0.29) is 5.91 Å². The summed E-state index contributed by atoms with van der Waals surface area (Å²) >= 11 is 5.19. The zero-order valence-corrected chi connectivity index (χ0v) is 18.4. The lowest BCUT2D eigenvalue weighted by Gasteiger charge is -2.36. The molecule has 0 aliphatic carbocycles. The number of ether oxygens (including phenoxy) is 1. The van der Waals surface area contributed by atoms with Crippen molar-refractivity contribution in [1.29, 1.82) is 0 Å². The first-order chi connectivity index (χ1) is 13.0. The number of para-hydroxylation sites is 2. The van der Waals surface area contributed by atoms with E-state index in [1.807, 2.05) is 23.1 Å². The van der Waals surface area contributed by atoms with Gasteiger partial charge in [-0.3, -0.25) is 4.79 Å². The molecule has 144 valence electrons. The van der Waals surface area contributed by atoms with Crippen LogP contribution in [0.2, 0.25) is 0 Å². The van der Waals surface area contributed by atoms with Crippen LogP contribution in [0.25, 0.3) is 0 Å². The predicted molar refractivity (Wildman–Crippen MR) is 116 cm³/mol. The molecule has 3 rings (SSSR count). The van der Waals surface area contributed by atoms with E-state index >= 15 is 0 Å². The van der Waals surface area contributed by atoms with Crippen LogP contribution >= 0.6 is 27.7 Å². The molecule has 0 saturated carbocycles. The van der Waals surface area contributed by atoms with Gasteiger partial charge in [0, 0.05) is 35.5 Å². The molecule has 1 aliphatic heterocycles. The Hall–Kier alpha value is -1.66. The number of hydrogen-bond donors (Lipinski definition) is 0. The molecule has 1 heterocycles. The second-order valence-corrected chi connectivity index (χ2v) is 8.57. The van der Waals surface area contributed by atoms with Crippen LogP contribution in [-0.2, 0) is 4.79 Å². The predicted octanol–water partition coefficient (Wildman–Crippen LogP) is 4.52. The highest BCUT2D eigenvalue weighted by molar-refractivity contribution is 9.10. The van der Waals surface area contributed by atoms with Gasteiger partial charge in [0.2, 0.25) is 5.91 Å². The second-order valence-electron chi connectivity index (χ2n) is 6.70. The normalized spacial score (nSPS) is 14.4. The fraction of sp³-hybridized carbons (Fsp3) is 0.381. The molecule has 0 bridgehead atoms. The maximum Gasteiger partial charge on any atom is 0.233 e. The summed E-state index contributed by atoms with van der Waals surface area (Å²) in [4.78, 5) is 18.1. The number of aryl methyl sites for hydroxylation is 2. The number of halogens is 1. The van der Waals surface area contributed by atoms with Gasteiger partial charge in [0.25, 0.3) is 0 Å². The number of nitrogens with zero attached hydrogens (tertiary/aromatic N) is 2. The Morgan fingerprint density at radius 1 is 1.11 bits per heavy atom. The van der Waals surface area contributed by atoms with Crippen molar-refractivity contribution in [2.45, 2.75) is 18.7 Å². The molecule has 0 aromatic heterocycles. The molecule has 0 N–H and O–H groups in total. The van der Waals surface area contributed by atoms with E-state index in [1.54, 1.807) is 18.9 Å². The van der Waals surface area contributed by atoms with Crippen molar-refractivity contribution < 1.29 is 9.53 Å². The molecule has 27 heavy (non-hydrogen) atoms. The number of carbonyl (C=O) groups excluding carboxylic acids is 1. The number of anilines is 1. The standard InChI is InChI=1S/C21H25BrN2O2S/c1-15-13-20(16(2)12-17(15)22)27-14-21(25)24-10-8-23(9-11-24)18-6-4-5-7-19(18)26-3/h4-7,12-13H,8-11,14H2,1-3H3. The maximum absolute atomic E-state index is 12.7. The minimum absolute atomic E-state index is 0.208. The van der Waals surface area contributed by atoms with Gasteiger partial charge in [0.05, 0.1) is 18.6 Å². The summed E-state index contributed by atoms with van der Waals surface area (Å²) in [5.41, 5.74) is 3.50. The van der Waals surface area contributed by atoms with Gasteiger partial charge < -0.3 is 14.5 Å². The molecule has 0 spiro atoms. The Bertz CT molecular complexity index is 820. The molecular weight excluding hydrogens is 424 g/mol. The van der Waals surface area contributed by atoms with Gasteiger partial charge in [-0.05, 0) is 49.2 Å². The summed E-state index contributed by atoms with van der Waals surface area (Å²) < 4.78 is 6.57. The summed E-state index contributed by atoms with van der Waals surface area (Å²) in [6.07, 6.45) is 0. The van der Waals surface area contributed by atoms with Crippen molar-refractivity contribution in [2.75, 3.05) is 43.9 Å². The Labute approximate surface area is 174 Å². The van der Waals surface area contributed by atoms with Crippen molar-refractivity contribution in [3.05, 3.63) is 52.0 Å². The number of methoxy groups -OCH3 is 1. The number of piperazine rings is 1. The average molecular weight is 449 g/mol. The maximum atomic E-state index is 12.7. The Morgan fingerprint density at radius 2 is 1.81 bits per heavy atom. The largest absolute Gasteiger partial charge is 0.495 e. The summed E-state index contributed by atoms with van der Waals surface area (Å²) in [6.45, 7) is 7.31. The van der Waals surface area contributed by atoms with E-state index in [9.17, 15) is 4.79 Å². The third-order valence-electron chi connectivity index (χ3n) is 4.87. The van der Waals surface area contributed by atoms with Gasteiger partial charge >= 0.3 is 0 Å². The first-order valence-electron chi connectivity index (χ1n) is 9.05. The van der Waals surface area contributed by atoms with E-state index in [2.05, 4.69) is 52.9 Å². The number of amides is 1. The Balaban J connectivity index is 1.55. The summed E-state index contributed by atoms with van der Waals surface area (Å²) in [7, 11) is 1.70. The topological polar surface area (TPSA) is 32.8 Å². The van der Waals surface area contributed by atoms with Crippen LogP contribution in [0.4, 0.5) is 5.69 Å². The number of carbonyl (C=O) groups is 1. The molecule has 0 atom stereocenters. The van der Waals surface area contributed by atoms with Crippen molar-refractivity contribution in [1.82, 2.24) is 4.90 Å². The summed E-state index contributed by atoms with van der Waals surface area (Å²) in [5, 5.41) is 0. The number of thioether (sulfide) groups is 1. The monoisotopic (exact) mass is 448 g/mol. The fourth-order valence-corrected chi connectivity index (χ4v) is 4.69. The van der Waals surface area contributed by atoms with E-state index in [0.29, 0.717) is 5.75 Å². The summed E-state index contributed by atoms with van der Waals surface area (Å²) in [6, 6.07) is 12.3. The van der Waals surface area contributed by atoms with Crippen LogP contribution in [0.15, 0.2) is 45.8 Å². The van der Waals surface area contributed by atoms with Gasteiger partial charge in [-0.15, -0.1) is 11.8 Å². The second kappa shape index (κ2) is 9.02. The Kier molecular flexibility index (Phi) is 6.71. The smallest absolute Gasteiger partial charge is 0.233 e. The number of rotatable bonds is 5. The van der Waals surface area contributed by atoms with Gasteiger partial charge in [0.1, 0.15) is 5.75 Å². The minimum atomic E-state index is 0.208. The van der Waals surface area contributed by atoms with Crippen molar-refractivity contribution in [3.8, 4) is 5.75 Å². The van der Waals surface area contributed by atoms with Gasteiger partial charge in [-0.25, -0.2) is 0 Å². The third-order valence-corrected chi connectivity index (χ3v) is 6.86. The van der Waals surface area contributed by atoms with Crippen LogP contribution in [0.5, 0.6) is 5.75 Å². The molecule has 1 amide bonds. The van der Waals surface area contributed by atoms with Crippen molar-refractivity contribution in [3.63, 3.8) is 0 Å². The number of hydrogen-bond acceptors (Lipinski definition) is 4. The first-order valence-corrected chi connectivity index (χ1v) is 10.8. The fourth-order valence-electron chi connectivity index (χ4n) is 3.23. The minimum Gasteiger partial charge on any atom is -0.495 e. The highest BCUT2D eigenvalue weighted by atomic mass is 79.9. The van der Waals surface area contributed by atoms with Crippen LogP contribution in [-0.4, -0.2) is 49.8 Å². The molecule has 2 aromatic carbocycles. The molecular formula is C21H25BrN2O2S. The molecule has 2 aromatic rings. The van der Waals surface area contributed by atoms with Crippen LogP contribution in [0.1, 0.15) is 11.1 Å². The Morgan fingerprint density at radius 3 is 2.52 bits per heavy atom. The molecule has 0 unspecified atom stereocenters. The van der Waals surface area contributed by atoms with E-state index in [4.69, 9.17) is 4.74 Å². The highest BCUT2D eigenvalue weighted by Gasteiger charge is 2.23. The lowest BCUT2D eigenvalue weighted by Crippen LogP contribution is -2.49. The quantitative estimate of drug-likeness (QED) is 0.629. The zero-order valence-electron chi connectivity index (χ0n) is 16.0. The zero-order chi connectivity index (χ0) is 19.4. The molecule has 1 fully saturated rings. The lowest BCUT2D eigenvalue weighted by atomic mass is 10.2. The van der Waals surface area contributed by atoms with E-state index in [0.717, 1.165) is 42.1 Å². The van der Waals surface area contributed by atoms with Crippen LogP contribution in [0, 0.1) is 13.8 Å². The van der Waals surface area contributed by atoms with Crippen molar-refractivity contribution in [2.24, 2.45) is 0 Å². The van der Waals surface area contributed by atoms with Crippen LogP contribution < -0.4 is 9.64 Å². The molecule has 0 radical (unpaired) electrons. The van der Waals surface area contributed by atoms with Gasteiger partial charge in [-0.2, -0.15) is 0 Å². The molecule has 1 saturated heterocycles. The molecule has 4 nitrogen and oxygen atoms in total. The highest BCUT2D eigenvalue weighted by Crippen LogP contribution is 2.30. The SMILES string of the molecule is COc1ccccc1N1CCN(C(=O)CSc2cc(C)c(Br)cc2C)CC1. The summed E-state index contributed by atoms with van der Waals surface area (Å²) in [5.74, 6) is 1.57. The van der Waals surface area contributed by atoms with Gasteiger partial charge in [0.15, 0.2) is 0 Å². The van der Waals surface area contributed by atoms with Crippen LogP contribution in [0.3, 0.4) is 0 Å². The third kappa shape index (κ3) is 4.79. The lowest BCUT2D eigenvalue weighted by molar-refractivity contribution is -0.128. The van der Waals surface area contributed by atoms with E-state index < -0.39 is 0 Å². The first kappa shape index (κ1) is 20.1. The van der Waals surface area contributed by atoms with E-state index in [1.165, 1.54) is 16.0 Å². The molecule has 1 aliphatic rings. The average Bonchev–Trinajstić information content (AvgIpc) is 2.69. The van der Waals surface area contributed by atoms with Gasteiger partial charge in [-0.1, -0.05) is 28.1 Å². The molecule has 6 heteroatoms.